The zero-order valence-corrected chi connectivity index (χ0v) is 45.9. The Hall–Kier alpha value is -1.66. The Balaban J connectivity index is 3.48. The molecule has 0 radical (unpaired) electrons. The fourth-order valence-electron chi connectivity index (χ4n) is 9.51. The van der Waals surface area contributed by atoms with Crippen LogP contribution in [0.15, 0.2) is 24.3 Å². The molecular formula is C62H119NO5. The van der Waals surface area contributed by atoms with E-state index in [2.05, 4.69) is 43.5 Å². The molecule has 0 saturated carbocycles. The number of rotatable bonds is 57. The zero-order valence-electron chi connectivity index (χ0n) is 45.9. The Bertz CT molecular complexity index is 1060. The van der Waals surface area contributed by atoms with Gasteiger partial charge < -0.3 is 20.3 Å². The van der Waals surface area contributed by atoms with Gasteiger partial charge in [-0.15, -0.1) is 0 Å². The molecule has 6 heteroatoms. The van der Waals surface area contributed by atoms with Crippen molar-refractivity contribution in [2.45, 2.75) is 347 Å². The lowest BCUT2D eigenvalue weighted by Crippen LogP contribution is -2.45. The Morgan fingerprint density at radius 2 is 0.691 bits per heavy atom. The summed E-state index contributed by atoms with van der Waals surface area (Å²) in [6.45, 7) is 4.93. The molecule has 0 spiro atoms. The van der Waals surface area contributed by atoms with Gasteiger partial charge in [-0.1, -0.05) is 269 Å². The maximum atomic E-state index is 12.5. The van der Waals surface area contributed by atoms with Crippen LogP contribution in [-0.4, -0.2) is 47.4 Å². The summed E-state index contributed by atoms with van der Waals surface area (Å²) in [4.78, 5) is 24.6. The number of nitrogens with one attached hydrogen (secondary N) is 1. The number of esters is 1. The van der Waals surface area contributed by atoms with Gasteiger partial charge in [0.25, 0.3) is 0 Å². The lowest BCUT2D eigenvalue weighted by Gasteiger charge is -2.22. The van der Waals surface area contributed by atoms with Crippen LogP contribution in [0.5, 0.6) is 0 Å². The van der Waals surface area contributed by atoms with Crippen molar-refractivity contribution in [1.82, 2.24) is 5.32 Å². The van der Waals surface area contributed by atoms with Gasteiger partial charge in [-0.2, -0.15) is 0 Å². The van der Waals surface area contributed by atoms with Crippen molar-refractivity contribution in [3.63, 3.8) is 0 Å². The van der Waals surface area contributed by atoms with E-state index in [4.69, 9.17) is 4.74 Å². The van der Waals surface area contributed by atoms with E-state index in [9.17, 15) is 19.8 Å². The maximum absolute atomic E-state index is 12.5. The largest absolute Gasteiger partial charge is 0.466 e. The number of amides is 1. The molecule has 0 aromatic heterocycles. The summed E-state index contributed by atoms with van der Waals surface area (Å²) >= 11 is 0. The number of aliphatic hydroxyl groups is 2. The molecule has 402 valence electrons. The maximum Gasteiger partial charge on any atom is 0.305 e. The number of ether oxygens (including phenoxy) is 1. The van der Waals surface area contributed by atoms with E-state index < -0.39 is 12.1 Å². The lowest BCUT2D eigenvalue weighted by molar-refractivity contribution is -0.143. The zero-order chi connectivity index (χ0) is 49.3. The lowest BCUT2D eigenvalue weighted by atomic mass is 10.0. The molecule has 0 aliphatic carbocycles. The summed E-state index contributed by atoms with van der Waals surface area (Å²) in [7, 11) is 0. The Kier molecular flexibility index (Phi) is 56.5. The molecule has 1 amide bonds. The van der Waals surface area contributed by atoms with Gasteiger partial charge in [0, 0.05) is 12.8 Å². The number of aliphatic hydroxyl groups excluding tert-OH is 2. The van der Waals surface area contributed by atoms with Crippen molar-refractivity contribution in [3.8, 4) is 0 Å². The summed E-state index contributed by atoms with van der Waals surface area (Å²) in [5, 5.41) is 23.3. The Morgan fingerprint density at radius 1 is 0.397 bits per heavy atom. The molecular weight excluding hydrogens is 839 g/mol. The van der Waals surface area contributed by atoms with Gasteiger partial charge in [-0.05, 0) is 77.0 Å². The predicted molar refractivity (Wildman–Crippen MR) is 296 cm³/mol. The molecule has 0 fully saturated rings. The summed E-state index contributed by atoms with van der Waals surface area (Å²) in [5.74, 6) is -0.0771. The van der Waals surface area contributed by atoms with Crippen LogP contribution in [0.25, 0.3) is 0 Å². The molecule has 6 nitrogen and oxygen atoms in total. The third-order valence-corrected chi connectivity index (χ3v) is 14.2. The number of unbranched alkanes of at least 4 members (excludes halogenated alkanes) is 42. The van der Waals surface area contributed by atoms with Crippen LogP contribution in [0, 0.1) is 0 Å². The first-order chi connectivity index (χ1) is 33.5. The van der Waals surface area contributed by atoms with Crippen LogP contribution in [0.4, 0.5) is 0 Å². The van der Waals surface area contributed by atoms with Gasteiger partial charge in [0.1, 0.15) is 0 Å². The van der Waals surface area contributed by atoms with Crippen LogP contribution < -0.4 is 5.32 Å². The third kappa shape index (κ3) is 53.7. The Morgan fingerprint density at radius 3 is 1.06 bits per heavy atom. The second-order valence-electron chi connectivity index (χ2n) is 21.0. The van der Waals surface area contributed by atoms with E-state index in [1.165, 1.54) is 231 Å². The molecule has 2 atom stereocenters. The van der Waals surface area contributed by atoms with Gasteiger partial charge in [-0.25, -0.2) is 0 Å². The van der Waals surface area contributed by atoms with E-state index in [0.29, 0.717) is 25.9 Å². The predicted octanol–water partition coefficient (Wildman–Crippen LogP) is 19.0. The fraction of sp³-hybridized carbons (Fsp3) is 0.903. The van der Waals surface area contributed by atoms with Crippen molar-refractivity contribution in [3.05, 3.63) is 24.3 Å². The highest BCUT2D eigenvalue weighted by atomic mass is 16.5. The van der Waals surface area contributed by atoms with Crippen molar-refractivity contribution in [2.75, 3.05) is 13.2 Å². The highest BCUT2D eigenvalue weighted by Gasteiger charge is 2.20. The monoisotopic (exact) mass is 958 g/mol. The molecule has 2 unspecified atom stereocenters. The molecule has 68 heavy (non-hydrogen) atoms. The highest BCUT2D eigenvalue weighted by Crippen LogP contribution is 2.17. The summed E-state index contributed by atoms with van der Waals surface area (Å²) in [6, 6.07) is -0.563. The van der Waals surface area contributed by atoms with Gasteiger partial charge in [-0.3, -0.25) is 9.59 Å². The summed E-state index contributed by atoms with van der Waals surface area (Å²) in [6.07, 6.45) is 70.3. The molecule has 0 aliphatic rings. The topological polar surface area (TPSA) is 95.9 Å². The average Bonchev–Trinajstić information content (AvgIpc) is 3.34. The minimum atomic E-state index is -0.683. The summed E-state index contributed by atoms with van der Waals surface area (Å²) < 4.78 is 5.47. The molecule has 0 heterocycles. The van der Waals surface area contributed by atoms with Crippen LogP contribution in [-0.2, 0) is 14.3 Å². The van der Waals surface area contributed by atoms with Gasteiger partial charge in [0.15, 0.2) is 0 Å². The minimum Gasteiger partial charge on any atom is -0.466 e. The second-order valence-corrected chi connectivity index (χ2v) is 21.0. The minimum absolute atomic E-state index is 0.0151. The number of allylic oxidation sites excluding steroid dienone is 4. The van der Waals surface area contributed by atoms with Crippen LogP contribution in [0.3, 0.4) is 0 Å². The highest BCUT2D eigenvalue weighted by molar-refractivity contribution is 5.76. The smallest absolute Gasteiger partial charge is 0.305 e. The van der Waals surface area contributed by atoms with Gasteiger partial charge >= 0.3 is 5.97 Å². The van der Waals surface area contributed by atoms with E-state index in [1.807, 2.05) is 0 Å². The van der Waals surface area contributed by atoms with E-state index in [-0.39, 0.29) is 18.5 Å². The van der Waals surface area contributed by atoms with Crippen molar-refractivity contribution in [1.29, 1.82) is 0 Å². The van der Waals surface area contributed by atoms with E-state index in [0.717, 1.165) is 70.6 Å². The SMILES string of the molecule is CCCCCCCC/C=C\CCCCCCCCCC(=O)OCCCCCCCC/C=C\CCCCCC(=O)NC(CO)C(O)CCCCCCCCCCCCCCCCCCCCCCC. The van der Waals surface area contributed by atoms with Crippen LogP contribution in [0.1, 0.15) is 335 Å². The number of hydrogen-bond donors (Lipinski definition) is 3. The fourth-order valence-corrected chi connectivity index (χ4v) is 9.51. The second kappa shape index (κ2) is 57.9. The molecule has 0 aromatic carbocycles. The number of carbonyl (C=O) groups excluding carboxylic acids is 2. The molecule has 3 N–H and O–H groups in total. The van der Waals surface area contributed by atoms with E-state index >= 15 is 0 Å². The van der Waals surface area contributed by atoms with Crippen molar-refractivity contribution in [2.24, 2.45) is 0 Å². The Labute approximate surface area is 424 Å². The average molecular weight is 959 g/mol. The first-order valence-electron chi connectivity index (χ1n) is 30.6. The summed E-state index contributed by atoms with van der Waals surface area (Å²) in [5.41, 5.74) is 0. The molecule has 0 aromatic rings. The number of carbonyl (C=O) groups is 2. The molecule has 0 saturated heterocycles. The van der Waals surface area contributed by atoms with Gasteiger partial charge in [0.05, 0.1) is 25.4 Å². The van der Waals surface area contributed by atoms with Crippen molar-refractivity contribution >= 4 is 11.9 Å². The molecule has 0 aliphatic heterocycles. The van der Waals surface area contributed by atoms with Crippen LogP contribution >= 0.6 is 0 Å². The normalized spacial score (nSPS) is 12.7. The third-order valence-electron chi connectivity index (χ3n) is 14.2. The van der Waals surface area contributed by atoms with Gasteiger partial charge in [0.2, 0.25) is 5.91 Å². The standard InChI is InChI=1S/C62H119NO5/c1-3-5-7-9-11-13-15-17-19-21-22-23-24-26-27-30-34-38-42-46-50-54-60(65)59(58-64)63-61(66)55-51-47-43-39-35-31-29-33-37-41-45-49-53-57-68-62(67)56-52-48-44-40-36-32-28-25-20-18-16-14-12-10-8-6-4-2/h18,20,31,35,59-60,64-65H,3-17,19,21-30,32-34,36-58H2,1-2H3,(H,63,66)/b20-18-,35-31-. The first-order valence-corrected chi connectivity index (χ1v) is 30.6. The van der Waals surface area contributed by atoms with Crippen LogP contribution in [0.2, 0.25) is 0 Å². The van der Waals surface area contributed by atoms with Crippen molar-refractivity contribution < 1.29 is 24.5 Å². The first kappa shape index (κ1) is 66.3. The quantitative estimate of drug-likeness (QED) is 0.0321. The molecule has 0 bridgehead atoms. The van der Waals surface area contributed by atoms with E-state index in [1.54, 1.807) is 0 Å². The number of hydrogen-bond acceptors (Lipinski definition) is 5. The molecule has 0 rings (SSSR count).